The molecule has 0 bridgehead atoms. The first-order chi connectivity index (χ1) is 5.46. The van der Waals surface area contributed by atoms with Gasteiger partial charge in [-0.1, -0.05) is 46.4 Å². The minimum atomic E-state index is 0. The standard InChI is InChI=1S/C6H2Cl4S2.Zn/c7-1-2(8)4(10)6(12)5(11)3(1)9;/h11-12H;. The molecule has 13 heavy (non-hydrogen) atoms. The molecule has 0 spiro atoms. The zero-order valence-electron chi connectivity index (χ0n) is 6.11. The van der Waals surface area contributed by atoms with Crippen LogP contribution in [0.2, 0.25) is 20.1 Å². The van der Waals surface area contributed by atoms with Crippen LogP contribution in [0.1, 0.15) is 0 Å². The van der Waals surface area contributed by atoms with Crippen molar-refractivity contribution in [3.63, 3.8) is 0 Å². The zero-order chi connectivity index (χ0) is 9.46. The fraction of sp³-hybridized carbons (Fsp3) is 0. The van der Waals surface area contributed by atoms with Crippen LogP contribution in [0.25, 0.3) is 0 Å². The minimum absolute atomic E-state index is 0. The molecule has 68 valence electrons. The summed E-state index contributed by atoms with van der Waals surface area (Å²) in [6, 6.07) is 0. The van der Waals surface area contributed by atoms with Crippen molar-refractivity contribution in [3.8, 4) is 0 Å². The largest absolute Gasteiger partial charge is 0.141 e. The van der Waals surface area contributed by atoms with Crippen LogP contribution in [-0.4, -0.2) is 0 Å². The first-order valence-electron chi connectivity index (χ1n) is 2.70. The molecule has 0 aliphatic carbocycles. The average Bonchev–Trinajstić information content (AvgIpc) is 2.08. The quantitative estimate of drug-likeness (QED) is 0.285. The van der Waals surface area contributed by atoms with Crippen LogP contribution in [-0.2, 0) is 19.5 Å². The first kappa shape index (κ1) is 14.7. The third-order valence-electron chi connectivity index (χ3n) is 1.22. The Kier molecular flexibility index (Phi) is 6.44. The van der Waals surface area contributed by atoms with Gasteiger partial charge in [0.15, 0.2) is 0 Å². The van der Waals surface area contributed by atoms with E-state index in [1.807, 2.05) is 0 Å². The predicted octanol–water partition coefficient (Wildman–Crippen LogP) is 4.88. The van der Waals surface area contributed by atoms with Crippen molar-refractivity contribution < 1.29 is 19.5 Å². The number of rotatable bonds is 0. The second kappa shape index (κ2) is 5.70. The van der Waals surface area contributed by atoms with E-state index in [9.17, 15) is 0 Å². The van der Waals surface area contributed by atoms with E-state index in [1.54, 1.807) is 0 Å². The van der Waals surface area contributed by atoms with Crippen molar-refractivity contribution in [1.29, 1.82) is 0 Å². The van der Waals surface area contributed by atoms with E-state index in [2.05, 4.69) is 25.3 Å². The van der Waals surface area contributed by atoms with E-state index in [4.69, 9.17) is 46.4 Å². The molecular formula is C6H2Cl4S2Zn. The minimum Gasteiger partial charge on any atom is -0.141 e. The monoisotopic (exact) mass is 342 g/mol. The number of benzene rings is 1. The average molecular weight is 345 g/mol. The summed E-state index contributed by atoms with van der Waals surface area (Å²) in [5, 5.41) is 0.927. The Hall–Kier alpha value is 1.70. The molecule has 0 aliphatic rings. The van der Waals surface area contributed by atoms with Gasteiger partial charge in [-0.05, 0) is 0 Å². The SMILES string of the molecule is Sc1c(S)c(Cl)c(Cl)c(Cl)c1Cl.[Zn]. The van der Waals surface area contributed by atoms with Gasteiger partial charge in [0.1, 0.15) is 0 Å². The Balaban J connectivity index is 0.00000144. The first-order valence-corrected chi connectivity index (χ1v) is 5.11. The molecular weight excluding hydrogens is 343 g/mol. The van der Waals surface area contributed by atoms with E-state index < -0.39 is 0 Å². The molecule has 0 saturated heterocycles. The van der Waals surface area contributed by atoms with Crippen LogP contribution in [0.3, 0.4) is 0 Å². The summed E-state index contributed by atoms with van der Waals surface area (Å²) in [6.07, 6.45) is 0. The fourth-order valence-corrected chi connectivity index (χ4v) is 2.17. The molecule has 0 fully saturated rings. The maximum atomic E-state index is 5.76. The Bertz CT molecular complexity index is 237. The molecule has 0 amide bonds. The van der Waals surface area contributed by atoms with Crippen molar-refractivity contribution in [2.75, 3.05) is 0 Å². The maximum Gasteiger partial charge on any atom is 0.0805 e. The summed E-state index contributed by atoms with van der Waals surface area (Å²) in [7, 11) is 0. The van der Waals surface area contributed by atoms with Crippen molar-refractivity contribution in [2.45, 2.75) is 9.79 Å². The molecule has 0 aliphatic heterocycles. The molecule has 0 atom stereocenters. The number of hydrogen-bond donors (Lipinski definition) is 2. The number of thiol groups is 2. The Morgan fingerprint density at radius 1 is 0.615 bits per heavy atom. The van der Waals surface area contributed by atoms with E-state index >= 15 is 0 Å². The van der Waals surface area contributed by atoms with Crippen LogP contribution in [0.5, 0.6) is 0 Å². The molecule has 0 saturated carbocycles. The smallest absolute Gasteiger partial charge is 0.0805 e. The number of hydrogen-bond acceptors (Lipinski definition) is 2. The van der Waals surface area contributed by atoms with Crippen LogP contribution in [0, 0.1) is 0 Å². The van der Waals surface area contributed by atoms with Gasteiger partial charge in [0.2, 0.25) is 0 Å². The molecule has 1 aromatic carbocycles. The van der Waals surface area contributed by atoms with Crippen molar-refractivity contribution in [1.82, 2.24) is 0 Å². The Morgan fingerprint density at radius 2 is 0.846 bits per heavy atom. The molecule has 0 N–H and O–H groups in total. The van der Waals surface area contributed by atoms with Gasteiger partial charge in [-0.2, -0.15) is 0 Å². The third-order valence-corrected chi connectivity index (χ3v) is 4.35. The van der Waals surface area contributed by atoms with Crippen molar-refractivity contribution in [3.05, 3.63) is 20.1 Å². The van der Waals surface area contributed by atoms with Gasteiger partial charge in [0.05, 0.1) is 20.1 Å². The van der Waals surface area contributed by atoms with Crippen LogP contribution in [0.4, 0.5) is 0 Å². The normalized spacial score (nSPS) is 9.69. The molecule has 1 aromatic rings. The fourth-order valence-electron chi connectivity index (χ4n) is 0.609. The summed E-state index contributed by atoms with van der Waals surface area (Å²) >= 11 is 31.1. The Labute approximate surface area is 120 Å². The van der Waals surface area contributed by atoms with E-state index in [0.29, 0.717) is 9.79 Å². The van der Waals surface area contributed by atoms with Gasteiger partial charge in [-0.15, -0.1) is 25.3 Å². The molecule has 0 nitrogen and oxygen atoms in total. The summed E-state index contributed by atoms with van der Waals surface area (Å²) in [5.74, 6) is 0. The van der Waals surface area contributed by atoms with Crippen molar-refractivity contribution >= 4 is 71.7 Å². The van der Waals surface area contributed by atoms with Crippen LogP contribution >= 0.6 is 71.7 Å². The molecule has 0 aromatic heterocycles. The summed E-state index contributed by atoms with van der Waals surface area (Å²) in [5.41, 5.74) is 0. The third kappa shape index (κ3) is 2.84. The number of halogens is 4. The molecule has 0 radical (unpaired) electrons. The summed E-state index contributed by atoms with van der Waals surface area (Å²) < 4.78 is 0. The second-order valence-electron chi connectivity index (χ2n) is 1.95. The van der Waals surface area contributed by atoms with Crippen LogP contribution < -0.4 is 0 Å². The zero-order valence-corrected chi connectivity index (χ0v) is 13.9. The molecule has 0 unspecified atom stereocenters. The molecule has 7 heteroatoms. The maximum absolute atomic E-state index is 5.76. The topological polar surface area (TPSA) is 0 Å². The summed E-state index contributed by atoms with van der Waals surface area (Å²) in [4.78, 5) is 0.860. The van der Waals surface area contributed by atoms with Crippen molar-refractivity contribution in [2.24, 2.45) is 0 Å². The summed E-state index contributed by atoms with van der Waals surface area (Å²) in [6.45, 7) is 0. The molecule has 1 rings (SSSR count). The predicted molar refractivity (Wildman–Crippen MR) is 61.0 cm³/mol. The van der Waals surface area contributed by atoms with Gasteiger partial charge in [-0.3, -0.25) is 0 Å². The van der Waals surface area contributed by atoms with Gasteiger partial charge in [-0.25, -0.2) is 0 Å². The van der Waals surface area contributed by atoms with Gasteiger partial charge >= 0.3 is 0 Å². The van der Waals surface area contributed by atoms with Gasteiger partial charge in [0, 0.05) is 29.3 Å². The van der Waals surface area contributed by atoms with Gasteiger partial charge in [0.25, 0.3) is 0 Å². The van der Waals surface area contributed by atoms with E-state index in [1.165, 1.54) is 0 Å². The van der Waals surface area contributed by atoms with E-state index in [0.717, 1.165) is 0 Å². The van der Waals surface area contributed by atoms with E-state index in [-0.39, 0.29) is 39.6 Å². The Morgan fingerprint density at radius 3 is 1.08 bits per heavy atom. The van der Waals surface area contributed by atoms with Crippen LogP contribution in [0.15, 0.2) is 9.79 Å². The second-order valence-corrected chi connectivity index (χ2v) is 4.36. The van der Waals surface area contributed by atoms with Gasteiger partial charge < -0.3 is 0 Å². The molecule has 0 heterocycles.